The molecule has 4 aromatic rings. The second kappa shape index (κ2) is 17.0. The predicted octanol–water partition coefficient (Wildman–Crippen LogP) is 14.4. The van der Waals surface area contributed by atoms with E-state index < -0.39 is 0 Å². The summed E-state index contributed by atoms with van der Waals surface area (Å²) in [5, 5.41) is 14.8. The van der Waals surface area contributed by atoms with E-state index in [1.165, 1.54) is 33.5 Å². The zero-order valence-corrected chi connectivity index (χ0v) is 38.5. The summed E-state index contributed by atoms with van der Waals surface area (Å²) in [6, 6.07) is 17.3. The zero-order valence-electron chi connectivity index (χ0n) is 36.1. The van der Waals surface area contributed by atoms with Crippen molar-refractivity contribution in [3.8, 4) is 22.8 Å². The Labute approximate surface area is 341 Å². The van der Waals surface area contributed by atoms with Crippen LogP contribution in [0.3, 0.4) is 0 Å². The quantitative estimate of drug-likeness (QED) is 0.0862. The Morgan fingerprint density at radius 3 is 1.83 bits per heavy atom. The molecular weight excluding hydrogens is 843 g/mol. The third kappa shape index (κ3) is 10.6. The molecule has 5 heteroatoms. The average molecular weight is 911 g/mol. The summed E-state index contributed by atoms with van der Waals surface area (Å²) in [5.74, 6) is 2.14. The van der Waals surface area contributed by atoms with Crippen molar-refractivity contribution >= 4 is 27.3 Å². The number of allylic oxidation sites excluding steroid dienone is 2. The number of ether oxygens (including phenoxy) is 1. The van der Waals surface area contributed by atoms with Gasteiger partial charge in [0.1, 0.15) is 11.5 Å². The summed E-state index contributed by atoms with van der Waals surface area (Å²) in [6.07, 6.45) is 9.65. The van der Waals surface area contributed by atoms with Crippen LogP contribution in [0, 0.1) is 33.1 Å². The molecule has 297 valence electrons. The van der Waals surface area contributed by atoms with Crippen molar-refractivity contribution in [1.29, 1.82) is 0 Å². The smallest absolute Gasteiger partial charge is 0.164 e. The number of aliphatic hydroxyl groups is 1. The molecule has 0 saturated heterocycles. The van der Waals surface area contributed by atoms with Crippen molar-refractivity contribution < 1.29 is 34.7 Å². The minimum absolute atomic E-state index is 0. The molecule has 0 spiro atoms. The molecule has 1 aliphatic heterocycles. The van der Waals surface area contributed by atoms with Gasteiger partial charge in [0.2, 0.25) is 0 Å². The van der Waals surface area contributed by atoms with Gasteiger partial charge in [0, 0.05) is 54.3 Å². The molecule has 5 rings (SSSR count). The van der Waals surface area contributed by atoms with Crippen molar-refractivity contribution in [2.24, 2.45) is 27.1 Å². The minimum atomic E-state index is -0.337. The molecule has 1 aliphatic rings. The van der Waals surface area contributed by atoms with Crippen LogP contribution in [0.4, 0.5) is 0 Å². The van der Waals surface area contributed by atoms with Gasteiger partial charge >= 0.3 is 0 Å². The molecule has 1 radical (unpaired) electrons. The van der Waals surface area contributed by atoms with Crippen LogP contribution < -0.4 is 4.74 Å². The standard InChI is InChI=1S/C34H40NO.C15H28O2.Ir/c1-32(2,3)18-21-10-11-25-24(14-21)17-26-30-29-23(12-13-35-30)15-22(19-33(4,5)6)16-28(29)36-31(26)27(25)20-34(7,8)9;1-7-14(5,8-2)12(16)11-13(17)15(6,9-3)10-4;/h10-16H,18-20H2,1-9H3;11,16H,7-10H2,1-6H3;/q-1;;/b;12-11-;. The molecule has 0 unspecified atom stereocenters. The first-order valence-electron chi connectivity index (χ1n) is 20.0. The van der Waals surface area contributed by atoms with Crippen molar-refractivity contribution in [3.05, 3.63) is 77.2 Å². The van der Waals surface area contributed by atoms with Gasteiger partial charge in [-0.1, -0.05) is 144 Å². The summed E-state index contributed by atoms with van der Waals surface area (Å²) >= 11 is 0. The third-order valence-electron chi connectivity index (χ3n) is 11.3. The first-order valence-corrected chi connectivity index (χ1v) is 20.0. The number of benzene rings is 3. The molecule has 1 N–H and O–H groups in total. The number of carbonyl (C=O) groups is 1. The molecule has 1 aromatic heterocycles. The number of carbonyl (C=O) groups excluding carboxylic acids is 1. The molecule has 0 aliphatic carbocycles. The van der Waals surface area contributed by atoms with Crippen LogP contribution in [0.5, 0.6) is 11.5 Å². The summed E-state index contributed by atoms with van der Waals surface area (Å²) in [5.41, 5.74) is 5.85. The molecule has 0 saturated carbocycles. The van der Waals surface area contributed by atoms with Gasteiger partial charge in [-0.3, -0.25) is 9.78 Å². The topological polar surface area (TPSA) is 59.4 Å². The largest absolute Gasteiger partial charge is 0.512 e. The molecular formula is C49H68IrNO3-. The van der Waals surface area contributed by atoms with E-state index in [9.17, 15) is 9.90 Å². The van der Waals surface area contributed by atoms with Gasteiger partial charge in [-0.15, -0.1) is 17.5 Å². The SMILES string of the molecule is CC(C)(C)Cc1ccc2c(CC(C)(C)C)c3c([c-]c2c1)-c1nccc2cc(CC(C)(C)C)cc(c12)O3.CCC(C)(CC)C(=O)/C=C(\O)C(C)(CC)CC.[Ir]. The van der Waals surface area contributed by atoms with Gasteiger partial charge in [-0.2, -0.15) is 0 Å². The van der Waals surface area contributed by atoms with E-state index in [-0.39, 0.29) is 58.7 Å². The molecule has 3 aromatic carbocycles. The van der Waals surface area contributed by atoms with Gasteiger partial charge in [-0.05, 0) is 84.3 Å². The first-order chi connectivity index (χ1) is 24.5. The number of aliphatic hydroxyl groups excluding tert-OH is 1. The number of aromatic nitrogens is 1. The Morgan fingerprint density at radius 2 is 1.30 bits per heavy atom. The zero-order chi connectivity index (χ0) is 39.7. The van der Waals surface area contributed by atoms with Crippen LogP contribution in [0.25, 0.3) is 32.8 Å². The van der Waals surface area contributed by atoms with Crippen LogP contribution in [0.2, 0.25) is 0 Å². The maximum atomic E-state index is 12.2. The summed E-state index contributed by atoms with van der Waals surface area (Å²) < 4.78 is 6.83. The Hall–Kier alpha value is -3.01. The third-order valence-corrected chi connectivity index (χ3v) is 11.3. The van der Waals surface area contributed by atoms with E-state index in [0.717, 1.165) is 78.5 Å². The maximum Gasteiger partial charge on any atom is 0.164 e. The van der Waals surface area contributed by atoms with Gasteiger partial charge in [0.15, 0.2) is 5.78 Å². The van der Waals surface area contributed by atoms with Crippen molar-refractivity contribution in [2.75, 3.05) is 0 Å². The number of hydrogen-bond donors (Lipinski definition) is 1. The van der Waals surface area contributed by atoms with E-state index in [1.54, 1.807) is 0 Å². The van der Waals surface area contributed by atoms with E-state index in [2.05, 4.69) is 105 Å². The Balaban J connectivity index is 0.000000372. The summed E-state index contributed by atoms with van der Waals surface area (Å²) in [4.78, 5) is 17.1. The van der Waals surface area contributed by atoms with Crippen LogP contribution in [-0.4, -0.2) is 15.9 Å². The second-order valence-corrected chi connectivity index (χ2v) is 19.8. The summed E-state index contributed by atoms with van der Waals surface area (Å²) in [6.45, 7) is 32.7. The Bertz CT molecular complexity index is 1980. The van der Waals surface area contributed by atoms with E-state index in [4.69, 9.17) is 9.72 Å². The molecule has 0 fully saturated rings. The van der Waals surface area contributed by atoms with Crippen molar-refractivity contribution in [1.82, 2.24) is 4.98 Å². The van der Waals surface area contributed by atoms with E-state index in [0.29, 0.717) is 0 Å². The number of ketones is 1. The van der Waals surface area contributed by atoms with Crippen LogP contribution in [-0.2, 0) is 44.2 Å². The molecule has 0 atom stereocenters. The fourth-order valence-electron chi connectivity index (χ4n) is 7.25. The fraction of sp³-hybridized carbons (Fsp3) is 0.551. The maximum absolute atomic E-state index is 12.2. The number of rotatable bonds is 10. The molecule has 0 bridgehead atoms. The molecule has 4 nitrogen and oxygen atoms in total. The van der Waals surface area contributed by atoms with E-state index in [1.807, 2.05) is 47.7 Å². The monoisotopic (exact) mass is 911 g/mol. The minimum Gasteiger partial charge on any atom is -0.512 e. The van der Waals surface area contributed by atoms with Crippen molar-refractivity contribution in [3.63, 3.8) is 0 Å². The number of fused-ring (bicyclic) bond motifs is 3. The predicted molar refractivity (Wildman–Crippen MR) is 226 cm³/mol. The molecule has 2 heterocycles. The van der Waals surface area contributed by atoms with Crippen LogP contribution in [0.1, 0.15) is 146 Å². The van der Waals surface area contributed by atoms with E-state index >= 15 is 0 Å². The first kappa shape index (κ1) is 45.4. The molecule has 54 heavy (non-hydrogen) atoms. The average Bonchev–Trinajstić information content (AvgIpc) is 3.06. The van der Waals surface area contributed by atoms with Gasteiger partial charge in [-0.25, -0.2) is 0 Å². The second-order valence-electron chi connectivity index (χ2n) is 19.8. The Morgan fingerprint density at radius 1 is 0.741 bits per heavy atom. The van der Waals surface area contributed by atoms with Gasteiger partial charge in [0.25, 0.3) is 0 Å². The fourth-order valence-corrected chi connectivity index (χ4v) is 7.25. The van der Waals surface area contributed by atoms with Gasteiger partial charge in [0.05, 0.1) is 5.75 Å². The number of hydrogen-bond acceptors (Lipinski definition) is 4. The van der Waals surface area contributed by atoms with Crippen LogP contribution >= 0.6 is 0 Å². The normalized spacial score (nSPS) is 13.5. The molecule has 0 amide bonds. The van der Waals surface area contributed by atoms with Crippen molar-refractivity contribution in [2.45, 2.75) is 149 Å². The van der Waals surface area contributed by atoms with Crippen LogP contribution in [0.15, 0.2) is 54.4 Å². The summed E-state index contributed by atoms with van der Waals surface area (Å²) in [7, 11) is 0. The van der Waals surface area contributed by atoms with Gasteiger partial charge < -0.3 is 9.84 Å². The Kier molecular flexibility index (Phi) is 14.3. The number of nitrogens with zero attached hydrogens (tertiary/aromatic N) is 1. The number of pyridine rings is 1.